The van der Waals surface area contributed by atoms with Crippen molar-refractivity contribution in [3.63, 3.8) is 0 Å². The van der Waals surface area contributed by atoms with Gasteiger partial charge in [-0.3, -0.25) is 4.68 Å². The van der Waals surface area contributed by atoms with Crippen LogP contribution in [0, 0.1) is 6.92 Å². The number of halogens is 3. The van der Waals surface area contributed by atoms with E-state index in [1.54, 1.807) is 38.2 Å². The standard InChI is InChI=1S/C19H21F3N2O4/c1-4-26-17(19(20,21)22)12-28-16-8-6-7-14(13(16)3)10-24-11-15(9-23-24)18(25)27-5-2/h6-9,11-12H,4-5,10H2,1-3H3/b17-12-. The van der Waals surface area contributed by atoms with Crippen LogP contribution in [0.2, 0.25) is 0 Å². The third-order valence-electron chi connectivity index (χ3n) is 3.75. The van der Waals surface area contributed by atoms with Crippen LogP contribution in [0.1, 0.15) is 35.3 Å². The Balaban J connectivity index is 2.18. The molecule has 0 fully saturated rings. The first-order chi connectivity index (χ1) is 13.3. The molecule has 0 bridgehead atoms. The van der Waals surface area contributed by atoms with Gasteiger partial charge in [-0.1, -0.05) is 12.1 Å². The Kier molecular flexibility index (Phi) is 7.08. The zero-order valence-electron chi connectivity index (χ0n) is 15.7. The molecule has 152 valence electrons. The summed E-state index contributed by atoms with van der Waals surface area (Å²) < 4.78 is 54.9. The van der Waals surface area contributed by atoms with Crippen molar-refractivity contribution in [3.8, 4) is 5.75 Å². The number of ether oxygens (including phenoxy) is 3. The van der Waals surface area contributed by atoms with E-state index < -0.39 is 17.9 Å². The Morgan fingerprint density at radius 1 is 1.21 bits per heavy atom. The molecular formula is C19H21F3N2O4. The van der Waals surface area contributed by atoms with Gasteiger partial charge in [0.15, 0.2) is 0 Å². The highest BCUT2D eigenvalue weighted by Gasteiger charge is 2.36. The number of benzene rings is 1. The molecule has 28 heavy (non-hydrogen) atoms. The minimum atomic E-state index is -4.64. The molecule has 0 spiro atoms. The van der Waals surface area contributed by atoms with E-state index in [4.69, 9.17) is 9.47 Å². The average molecular weight is 398 g/mol. The van der Waals surface area contributed by atoms with Crippen LogP contribution in [0.4, 0.5) is 13.2 Å². The highest BCUT2D eigenvalue weighted by molar-refractivity contribution is 5.88. The van der Waals surface area contributed by atoms with Crippen molar-refractivity contribution in [3.05, 3.63) is 59.3 Å². The maximum atomic E-state index is 12.9. The Bertz CT molecular complexity index is 844. The van der Waals surface area contributed by atoms with Gasteiger partial charge in [-0.05, 0) is 38.0 Å². The molecule has 0 saturated carbocycles. The summed E-state index contributed by atoms with van der Waals surface area (Å²) in [4.78, 5) is 11.7. The fourth-order valence-electron chi connectivity index (χ4n) is 2.36. The number of hydrogen-bond donors (Lipinski definition) is 0. The van der Waals surface area contributed by atoms with Gasteiger partial charge in [-0.2, -0.15) is 18.3 Å². The van der Waals surface area contributed by atoms with E-state index in [0.29, 0.717) is 23.9 Å². The summed E-state index contributed by atoms with van der Waals surface area (Å²) >= 11 is 0. The van der Waals surface area contributed by atoms with Crippen molar-refractivity contribution in [2.45, 2.75) is 33.5 Å². The van der Waals surface area contributed by atoms with Crippen molar-refractivity contribution in [1.29, 1.82) is 0 Å². The first kappa shape index (κ1) is 21.3. The van der Waals surface area contributed by atoms with Crippen molar-refractivity contribution in [1.82, 2.24) is 9.78 Å². The van der Waals surface area contributed by atoms with Crippen molar-refractivity contribution < 1.29 is 32.2 Å². The molecule has 0 saturated heterocycles. The Hall–Kier alpha value is -2.97. The van der Waals surface area contributed by atoms with E-state index >= 15 is 0 Å². The summed E-state index contributed by atoms with van der Waals surface area (Å²) in [5.74, 6) is -1.41. The van der Waals surface area contributed by atoms with Gasteiger partial charge in [0.05, 0.1) is 31.5 Å². The summed E-state index contributed by atoms with van der Waals surface area (Å²) in [5.41, 5.74) is 1.74. The quantitative estimate of drug-likeness (QED) is 0.492. The van der Waals surface area contributed by atoms with Crippen LogP contribution >= 0.6 is 0 Å². The molecule has 9 heteroatoms. The Morgan fingerprint density at radius 3 is 2.57 bits per heavy atom. The molecule has 0 aliphatic rings. The summed E-state index contributed by atoms with van der Waals surface area (Å²) in [5, 5.41) is 4.11. The molecule has 0 aliphatic heterocycles. The van der Waals surface area contributed by atoms with Crippen LogP contribution in [-0.2, 0) is 16.0 Å². The second kappa shape index (κ2) is 9.29. The van der Waals surface area contributed by atoms with Gasteiger partial charge in [0.1, 0.15) is 12.0 Å². The molecule has 2 aromatic rings. The summed E-state index contributed by atoms with van der Waals surface area (Å²) in [6, 6.07) is 5.02. The van der Waals surface area contributed by atoms with Gasteiger partial charge in [-0.15, -0.1) is 0 Å². The van der Waals surface area contributed by atoms with Gasteiger partial charge in [0.2, 0.25) is 5.76 Å². The minimum Gasteiger partial charge on any atom is -0.487 e. The van der Waals surface area contributed by atoms with E-state index in [-0.39, 0.29) is 19.0 Å². The largest absolute Gasteiger partial charge is 0.487 e. The summed E-state index contributed by atoms with van der Waals surface area (Å²) in [7, 11) is 0. The fraction of sp³-hybridized carbons (Fsp3) is 0.368. The fourth-order valence-corrected chi connectivity index (χ4v) is 2.36. The second-order valence-electron chi connectivity index (χ2n) is 5.72. The number of carbonyl (C=O) groups is 1. The maximum Gasteiger partial charge on any atom is 0.452 e. The van der Waals surface area contributed by atoms with Gasteiger partial charge < -0.3 is 14.2 Å². The van der Waals surface area contributed by atoms with E-state index in [1.165, 1.54) is 17.8 Å². The molecule has 2 rings (SSSR count). The zero-order chi connectivity index (χ0) is 20.7. The Labute approximate surface area is 160 Å². The number of carbonyl (C=O) groups excluding carboxylic acids is 1. The third-order valence-corrected chi connectivity index (χ3v) is 3.75. The SMILES string of the molecule is CCOC(=O)c1cnn(Cc2cccc(O/C=C(\OCC)C(F)(F)F)c2C)c1. The van der Waals surface area contributed by atoms with E-state index in [0.717, 1.165) is 5.56 Å². The zero-order valence-corrected chi connectivity index (χ0v) is 15.7. The first-order valence-electron chi connectivity index (χ1n) is 8.61. The second-order valence-corrected chi connectivity index (χ2v) is 5.72. The van der Waals surface area contributed by atoms with Crippen LogP contribution in [-0.4, -0.2) is 35.1 Å². The highest BCUT2D eigenvalue weighted by atomic mass is 19.4. The lowest BCUT2D eigenvalue weighted by Crippen LogP contribution is -2.16. The van der Waals surface area contributed by atoms with E-state index in [1.807, 2.05) is 0 Å². The molecule has 0 unspecified atom stereocenters. The predicted octanol–water partition coefficient (Wildman–Crippen LogP) is 4.24. The smallest absolute Gasteiger partial charge is 0.452 e. The third kappa shape index (κ3) is 5.51. The van der Waals surface area contributed by atoms with Gasteiger partial charge in [0.25, 0.3) is 0 Å². The topological polar surface area (TPSA) is 62.6 Å². The minimum absolute atomic E-state index is 0.129. The average Bonchev–Trinajstić information content (AvgIpc) is 3.09. The molecule has 0 radical (unpaired) electrons. The molecule has 0 aliphatic carbocycles. The number of esters is 1. The van der Waals surface area contributed by atoms with Gasteiger partial charge in [0, 0.05) is 6.20 Å². The molecule has 0 N–H and O–H groups in total. The molecule has 0 amide bonds. The summed E-state index contributed by atoms with van der Waals surface area (Å²) in [6.45, 7) is 5.33. The van der Waals surface area contributed by atoms with Crippen molar-refractivity contribution in [2.24, 2.45) is 0 Å². The number of aromatic nitrogens is 2. The number of allylic oxidation sites excluding steroid dienone is 1. The Morgan fingerprint density at radius 2 is 1.93 bits per heavy atom. The number of alkyl halides is 3. The molecule has 1 heterocycles. The highest BCUT2D eigenvalue weighted by Crippen LogP contribution is 2.28. The maximum absolute atomic E-state index is 12.9. The van der Waals surface area contributed by atoms with Gasteiger partial charge in [-0.25, -0.2) is 4.79 Å². The number of nitrogens with zero attached hydrogens (tertiary/aromatic N) is 2. The van der Waals surface area contributed by atoms with E-state index in [9.17, 15) is 18.0 Å². The van der Waals surface area contributed by atoms with E-state index in [2.05, 4.69) is 9.84 Å². The molecule has 1 aromatic heterocycles. The van der Waals surface area contributed by atoms with Crippen LogP contribution in [0.5, 0.6) is 5.75 Å². The lowest BCUT2D eigenvalue weighted by atomic mass is 10.1. The lowest BCUT2D eigenvalue weighted by Gasteiger charge is -2.14. The normalized spacial score (nSPS) is 12.0. The van der Waals surface area contributed by atoms with Crippen LogP contribution in [0.25, 0.3) is 0 Å². The van der Waals surface area contributed by atoms with Crippen LogP contribution in [0.15, 0.2) is 42.6 Å². The molecular weight excluding hydrogens is 377 g/mol. The van der Waals surface area contributed by atoms with Crippen LogP contribution in [0.3, 0.4) is 0 Å². The first-order valence-corrected chi connectivity index (χ1v) is 8.61. The number of rotatable bonds is 8. The summed E-state index contributed by atoms with van der Waals surface area (Å²) in [6.07, 6.45) is -1.14. The van der Waals surface area contributed by atoms with Crippen molar-refractivity contribution >= 4 is 5.97 Å². The molecule has 1 aromatic carbocycles. The van der Waals surface area contributed by atoms with Crippen LogP contribution < -0.4 is 4.74 Å². The predicted molar refractivity (Wildman–Crippen MR) is 94.9 cm³/mol. The van der Waals surface area contributed by atoms with Gasteiger partial charge >= 0.3 is 12.1 Å². The molecule has 6 nitrogen and oxygen atoms in total. The number of hydrogen-bond acceptors (Lipinski definition) is 5. The monoisotopic (exact) mass is 398 g/mol. The lowest BCUT2D eigenvalue weighted by molar-refractivity contribution is -0.132. The van der Waals surface area contributed by atoms with Crippen molar-refractivity contribution in [2.75, 3.05) is 13.2 Å². The molecule has 0 atom stereocenters.